The van der Waals surface area contributed by atoms with Gasteiger partial charge in [0.2, 0.25) is 0 Å². The summed E-state index contributed by atoms with van der Waals surface area (Å²) in [5.41, 5.74) is 1.36. The van der Waals surface area contributed by atoms with Crippen LogP contribution in [0.1, 0.15) is 73.6 Å². The average Bonchev–Trinajstić information content (AvgIpc) is 2.35. The smallest absolute Gasteiger partial charge is 0.0687 e. The van der Waals surface area contributed by atoms with Crippen LogP contribution in [0.4, 0.5) is 0 Å². The van der Waals surface area contributed by atoms with Gasteiger partial charge in [0.1, 0.15) is 0 Å². The molecule has 0 bridgehead atoms. The maximum atomic E-state index is 11.0. The Balaban J connectivity index is 2.39. The molecule has 0 aliphatic heterocycles. The molecule has 120 valence electrons. The minimum Gasteiger partial charge on any atom is -0.390 e. The van der Waals surface area contributed by atoms with E-state index in [1.807, 2.05) is 0 Å². The van der Waals surface area contributed by atoms with Crippen molar-refractivity contribution in [2.24, 2.45) is 22.7 Å². The van der Waals surface area contributed by atoms with Crippen LogP contribution in [0.2, 0.25) is 0 Å². The number of hydrogen-bond acceptors (Lipinski definition) is 1. The highest BCUT2D eigenvalue weighted by molar-refractivity contribution is 5.21. The van der Waals surface area contributed by atoms with Crippen LogP contribution in [0.3, 0.4) is 0 Å². The molecular weight excluding hydrogens is 256 g/mol. The molecule has 0 saturated heterocycles. The molecular formula is C20H34O. The van der Waals surface area contributed by atoms with Gasteiger partial charge < -0.3 is 5.11 Å². The van der Waals surface area contributed by atoms with E-state index < -0.39 is 5.60 Å². The fourth-order valence-corrected chi connectivity index (χ4v) is 5.33. The third kappa shape index (κ3) is 2.99. The van der Waals surface area contributed by atoms with Gasteiger partial charge in [-0.3, -0.25) is 0 Å². The molecule has 4 atom stereocenters. The molecule has 21 heavy (non-hydrogen) atoms. The van der Waals surface area contributed by atoms with Crippen LogP contribution >= 0.6 is 0 Å². The Morgan fingerprint density at radius 1 is 1.10 bits per heavy atom. The summed E-state index contributed by atoms with van der Waals surface area (Å²) in [7, 11) is 0. The fraction of sp³-hybridized carbons (Fsp3) is 0.800. The van der Waals surface area contributed by atoms with E-state index in [-0.39, 0.29) is 11.3 Å². The lowest BCUT2D eigenvalue weighted by Gasteiger charge is -2.60. The van der Waals surface area contributed by atoms with E-state index in [1.165, 1.54) is 31.3 Å². The van der Waals surface area contributed by atoms with Crippen LogP contribution in [-0.2, 0) is 0 Å². The molecule has 0 radical (unpaired) electrons. The number of hydrogen-bond donors (Lipinski definition) is 1. The molecule has 1 heteroatoms. The van der Waals surface area contributed by atoms with E-state index in [2.05, 4.69) is 59.8 Å². The van der Waals surface area contributed by atoms with Crippen LogP contribution in [0.15, 0.2) is 23.8 Å². The normalized spacial score (nSPS) is 43.9. The number of fused-ring (bicyclic) bond motifs is 1. The van der Waals surface area contributed by atoms with Crippen LogP contribution in [0, 0.1) is 22.7 Å². The van der Waals surface area contributed by atoms with Crippen molar-refractivity contribution in [1.82, 2.24) is 0 Å². The highest BCUT2D eigenvalue weighted by atomic mass is 16.3. The summed E-state index contributed by atoms with van der Waals surface area (Å²) in [6, 6.07) is 0. The molecule has 2 saturated carbocycles. The van der Waals surface area contributed by atoms with Crippen LogP contribution in [0.25, 0.3) is 0 Å². The van der Waals surface area contributed by atoms with Gasteiger partial charge >= 0.3 is 0 Å². The van der Waals surface area contributed by atoms with Crippen molar-refractivity contribution in [3.8, 4) is 0 Å². The van der Waals surface area contributed by atoms with Gasteiger partial charge in [-0.2, -0.15) is 0 Å². The maximum absolute atomic E-state index is 11.0. The van der Waals surface area contributed by atoms with E-state index in [9.17, 15) is 5.11 Å². The molecule has 0 spiro atoms. The predicted molar refractivity (Wildman–Crippen MR) is 91.1 cm³/mol. The van der Waals surface area contributed by atoms with Gasteiger partial charge in [-0.1, -0.05) is 51.0 Å². The first-order valence-electron chi connectivity index (χ1n) is 8.67. The summed E-state index contributed by atoms with van der Waals surface area (Å²) >= 11 is 0. The maximum Gasteiger partial charge on any atom is 0.0687 e. The largest absolute Gasteiger partial charge is 0.390 e. The highest BCUT2D eigenvalue weighted by Crippen LogP contribution is 2.62. The first-order chi connectivity index (χ1) is 9.63. The average molecular weight is 290 g/mol. The van der Waals surface area contributed by atoms with Gasteiger partial charge in [0.15, 0.2) is 0 Å². The van der Waals surface area contributed by atoms with Crippen LogP contribution in [-0.4, -0.2) is 10.7 Å². The molecule has 0 aromatic carbocycles. The van der Waals surface area contributed by atoms with Gasteiger partial charge in [0, 0.05) is 5.92 Å². The Kier molecular flexibility index (Phi) is 4.46. The number of rotatable bonds is 2. The molecule has 2 rings (SSSR count). The number of allylic oxidation sites excluding steroid dienone is 3. The molecule has 2 aliphatic carbocycles. The Bertz CT molecular complexity index is 441. The second-order valence-electron chi connectivity index (χ2n) is 8.67. The molecule has 0 unspecified atom stereocenters. The minimum atomic E-state index is -0.566. The third-order valence-electron chi connectivity index (χ3n) is 6.60. The zero-order valence-corrected chi connectivity index (χ0v) is 14.9. The molecule has 1 N–H and O–H groups in total. The van der Waals surface area contributed by atoms with Crippen LogP contribution in [0.5, 0.6) is 0 Å². The van der Waals surface area contributed by atoms with Crippen molar-refractivity contribution in [2.45, 2.75) is 79.2 Å². The Morgan fingerprint density at radius 3 is 2.38 bits per heavy atom. The second kappa shape index (κ2) is 5.57. The summed E-state index contributed by atoms with van der Waals surface area (Å²) in [5, 5.41) is 11.0. The van der Waals surface area contributed by atoms with Gasteiger partial charge in [-0.25, -0.2) is 0 Å². The standard InChI is InChI=1S/C20H34O/c1-7-15(2)9-10-17-19(5)13-8-12-18(3,4)16(19)11-14-20(17,6)21/h7,9-10,16-17,21H,8,11-14H2,1-6H3/b10-9+,15-7-/t16-,17+,19+,20+/m0/s1. The topological polar surface area (TPSA) is 20.2 Å². The zero-order chi connectivity index (χ0) is 15.9. The molecule has 0 aromatic rings. The first kappa shape index (κ1) is 16.8. The molecule has 0 heterocycles. The van der Waals surface area contributed by atoms with E-state index in [4.69, 9.17) is 0 Å². The Hall–Kier alpha value is -0.560. The Labute approximate surface area is 131 Å². The van der Waals surface area contributed by atoms with Crippen LogP contribution < -0.4 is 0 Å². The summed E-state index contributed by atoms with van der Waals surface area (Å²) in [6.07, 6.45) is 12.6. The highest BCUT2D eigenvalue weighted by Gasteiger charge is 2.56. The zero-order valence-electron chi connectivity index (χ0n) is 14.9. The van der Waals surface area contributed by atoms with E-state index in [1.54, 1.807) is 0 Å². The molecule has 2 fully saturated rings. The first-order valence-corrected chi connectivity index (χ1v) is 8.67. The Morgan fingerprint density at radius 2 is 1.76 bits per heavy atom. The van der Waals surface area contributed by atoms with Crippen molar-refractivity contribution in [1.29, 1.82) is 0 Å². The van der Waals surface area contributed by atoms with E-state index in [0.29, 0.717) is 5.41 Å². The summed E-state index contributed by atoms with van der Waals surface area (Å²) in [6.45, 7) is 13.6. The van der Waals surface area contributed by atoms with Crippen molar-refractivity contribution < 1.29 is 5.11 Å². The fourth-order valence-electron chi connectivity index (χ4n) is 5.33. The molecule has 1 nitrogen and oxygen atoms in total. The summed E-state index contributed by atoms with van der Waals surface area (Å²) < 4.78 is 0. The molecule has 0 amide bonds. The SMILES string of the molecule is C/C=C(C)\C=C\[C@@H]1[C@]2(C)CCCC(C)(C)[C@@H]2CC[C@@]1(C)O. The minimum absolute atomic E-state index is 0.230. The van der Waals surface area contributed by atoms with Crippen molar-refractivity contribution >= 4 is 0 Å². The number of aliphatic hydroxyl groups is 1. The van der Waals surface area contributed by atoms with Gasteiger partial charge in [-0.15, -0.1) is 0 Å². The lowest BCUT2D eigenvalue weighted by Crippen LogP contribution is -2.56. The predicted octanol–water partition coefficient (Wildman–Crippen LogP) is 5.50. The lowest BCUT2D eigenvalue weighted by molar-refractivity contribution is -0.149. The third-order valence-corrected chi connectivity index (χ3v) is 6.60. The van der Waals surface area contributed by atoms with Gasteiger partial charge in [0.05, 0.1) is 5.60 Å². The van der Waals surface area contributed by atoms with E-state index in [0.717, 1.165) is 12.3 Å². The van der Waals surface area contributed by atoms with Crippen molar-refractivity contribution in [3.05, 3.63) is 23.8 Å². The lowest BCUT2D eigenvalue weighted by atomic mass is 9.45. The second-order valence-corrected chi connectivity index (χ2v) is 8.67. The summed E-state index contributed by atoms with van der Waals surface area (Å²) in [4.78, 5) is 0. The van der Waals surface area contributed by atoms with Gasteiger partial charge in [0.25, 0.3) is 0 Å². The summed E-state index contributed by atoms with van der Waals surface area (Å²) in [5.74, 6) is 0.984. The van der Waals surface area contributed by atoms with Crippen molar-refractivity contribution in [2.75, 3.05) is 0 Å². The van der Waals surface area contributed by atoms with E-state index >= 15 is 0 Å². The van der Waals surface area contributed by atoms with Crippen molar-refractivity contribution in [3.63, 3.8) is 0 Å². The van der Waals surface area contributed by atoms with Gasteiger partial charge in [-0.05, 0) is 63.2 Å². The molecule has 2 aliphatic rings. The monoisotopic (exact) mass is 290 g/mol. The quantitative estimate of drug-likeness (QED) is 0.665. The molecule has 0 aromatic heterocycles.